The van der Waals surface area contributed by atoms with Crippen molar-refractivity contribution < 1.29 is 8.78 Å². The summed E-state index contributed by atoms with van der Waals surface area (Å²) in [6.07, 6.45) is 8.95. The molecule has 21 heavy (non-hydrogen) atoms. The lowest BCUT2D eigenvalue weighted by atomic mass is 9.87. The summed E-state index contributed by atoms with van der Waals surface area (Å²) in [4.78, 5) is 0. The summed E-state index contributed by atoms with van der Waals surface area (Å²) in [5, 5.41) is 3.54. The van der Waals surface area contributed by atoms with Crippen LogP contribution in [0.25, 0.3) is 0 Å². The average molecular weight is 295 g/mol. The number of rotatable bonds is 6. The molecule has 1 aliphatic carbocycles. The van der Waals surface area contributed by atoms with Gasteiger partial charge < -0.3 is 5.32 Å². The van der Waals surface area contributed by atoms with Gasteiger partial charge in [-0.1, -0.05) is 38.7 Å². The summed E-state index contributed by atoms with van der Waals surface area (Å²) in [6.45, 7) is 3.04. The lowest BCUT2D eigenvalue weighted by Gasteiger charge is -2.28. The van der Waals surface area contributed by atoms with Gasteiger partial charge in [0.15, 0.2) is 0 Å². The van der Waals surface area contributed by atoms with Gasteiger partial charge >= 0.3 is 0 Å². The van der Waals surface area contributed by atoms with Gasteiger partial charge in [-0.05, 0) is 50.3 Å². The maximum Gasteiger partial charge on any atom is 0.129 e. The quantitative estimate of drug-likeness (QED) is 0.740. The van der Waals surface area contributed by atoms with Crippen LogP contribution in [0.3, 0.4) is 0 Å². The second-order valence-electron chi connectivity index (χ2n) is 6.22. The van der Waals surface area contributed by atoms with Crippen LogP contribution in [-0.2, 0) is 6.42 Å². The van der Waals surface area contributed by atoms with Crippen LogP contribution in [0.15, 0.2) is 18.2 Å². The summed E-state index contributed by atoms with van der Waals surface area (Å²) >= 11 is 0. The van der Waals surface area contributed by atoms with Gasteiger partial charge in [0.25, 0.3) is 0 Å². The molecule has 118 valence electrons. The molecule has 1 nitrogen and oxygen atoms in total. The molecule has 1 unspecified atom stereocenters. The Kier molecular flexibility index (Phi) is 6.62. The molecule has 0 aliphatic heterocycles. The van der Waals surface area contributed by atoms with Gasteiger partial charge in [-0.25, -0.2) is 8.78 Å². The van der Waals surface area contributed by atoms with Gasteiger partial charge in [0, 0.05) is 11.6 Å². The van der Waals surface area contributed by atoms with E-state index in [0.717, 1.165) is 13.0 Å². The van der Waals surface area contributed by atoms with Gasteiger partial charge in [-0.2, -0.15) is 0 Å². The molecule has 0 amide bonds. The van der Waals surface area contributed by atoms with Crippen LogP contribution < -0.4 is 5.32 Å². The van der Waals surface area contributed by atoms with Crippen molar-refractivity contribution in [1.82, 2.24) is 5.32 Å². The zero-order valence-corrected chi connectivity index (χ0v) is 13.0. The SMILES string of the molecule is CCCNC(Cc1c(F)cccc1F)C1CCCCCC1. The second kappa shape index (κ2) is 8.47. The Morgan fingerprint density at radius 1 is 1.10 bits per heavy atom. The number of nitrogens with one attached hydrogen (secondary N) is 1. The number of halogens is 2. The van der Waals surface area contributed by atoms with Crippen LogP contribution in [0.5, 0.6) is 0 Å². The fourth-order valence-corrected chi connectivity index (χ4v) is 3.40. The minimum absolute atomic E-state index is 0.189. The fraction of sp³-hybridized carbons (Fsp3) is 0.667. The first-order valence-electron chi connectivity index (χ1n) is 8.38. The van der Waals surface area contributed by atoms with E-state index in [1.807, 2.05) is 0 Å². The van der Waals surface area contributed by atoms with Crippen LogP contribution in [-0.4, -0.2) is 12.6 Å². The van der Waals surface area contributed by atoms with Crippen molar-refractivity contribution in [3.05, 3.63) is 35.4 Å². The van der Waals surface area contributed by atoms with Crippen molar-refractivity contribution in [3.8, 4) is 0 Å². The van der Waals surface area contributed by atoms with Gasteiger partial charge in [0.1, 0.15) is 11.6 Å². The van der Waals surface area contributed by atoms with Crippen LogP contribution >= 0.6 is 0 Å². The topological polar surface area (TPSA) is 12.0 Å². The molecule has 0 saturated heterocycles. The van der Waals surface area contributed by atoms with Crippen LogP contribution in [0.1, 0.15) is 57.4 Å². The van der Waals surface area contributed by atoms with Gasteiger partial charge in [-0.15, -0.1) is 0 Å². The summed E-state index contributed by atoms with van der Waals surface area (Å²) in [5.41, 5.74) is 0.246. The minimum atomic E-state index is -0.410. The Bertz CT molecular complexity index is 405. The van der Waals surface area contributed by atoms with Crippen LogP contribution in [0.4, 0.5) is 8.78 Å². The molecule has 0 radical (unpaired) electrons. The van der Waals surface area contributed by atoms with Crippen molar-refractivity contribution in [2.45, 2.75) is 64.3 Å². The molecule has 1 aromatic carbocycles. The summed E-state index contributed by atoms with van der Waals surface area (Å²) in [6, 6.07) is 4.36. The Morgan fingerprint density at radius 2 is 1.71 bits per heavy atom. The highest BCUT2D eigenvalue weighted by Gasteiger charge is 2.24. The van der Waals surface area contributed by atoms with Gasteiger partial charge in [0.05, 0.1) is 0 Å². The molecule has 1 aliphatic rings. The molecule has 1 atom stereocenters. The first-order chi connectivity index (χ1) is 10.2. The highest BCUT2D eigenvalue weighted by Crippen LogP contribution is 2.28. The zero-order valence-electron chi connectivity index (χ0n) is 13.0. The van der Waals surface area contributed by atoms with Crippen molar-refractivity contribution in [2.75, 3.05) is 6.54 Å². The molecular formula is C18H27F2N. The van der Waals surface area contributed by atoms with E-state index < -0.39 is 11.6 Å². The summed E-state index contributed by atoms with van der Waals surface area (Å²) < 4.78 is 27.8. The van der Waals surface area contributed by atoms with E-state index in [9.17, 15) is 8.78 Å². The van der Waals surface area contributed by atoms with Crippen molar-refractivity contribution in [1.29, 1.82) is 0 Å². The second-order valence-corrected chi connectivity index (χ2v) is 6.22. The molecular weight excluding hydrogens is 268 g/mol. The molecule has 0 bridgehead atoms. The summed E-state index contributed by atoms with van der Waals surface area (Å²) in [5.74, 6) is -0.281. The van der Waals surface area contributed by atoms with E-state index in [1.165, 1.54) is 56.7 Å². The molecule has 1 N–H and O–H groups in total. The molecule has 3 heteroatoms. The van der Waals surface area contributed by atoms with Gasteiger partial charge in [0.2, 0.25) is 0 Å². The van der Waals surface area contributed by atoms with E-state index in [2.05, 4.69) is 12.2 Å². The third-order valence-corrected chi connectivity index (χ3v) is 4.61. The molecule has 0 heterocycles. The number of hydrogen-bond acceptors (Lipinski definition) is 1. The zero-order chi connectivity index (χ0) is 15.1. The predicted octanol–water partition coefficient (Wildman–Crippen LogP) is 4.85. The average Bonchev–Trinajstić information content (AvgIpc) is 2.75. The van der Waals surface area contributed by atoms with Crippen molar-refractivity contribution in [3.63, 3.8) is 0 Å². The van der Waals surface area contributed by atoms with E-state index in [1.54, 1.807) is 0 Å². The van der Waals surface area contributed by atoms with Crippen molar-refractivity contribution in [2.24, 2.45) is 5.92 Å². The smallest absolute Gasteiger partial charge is 0.129 e. The maximum atomic E-state index is 13.9. The van der Waals surface area contributed by atoms with Crippen molar-refractivity contribution >= 4 is 0 Å². The monoisotopic (exact) mass is 295 g/mol. The molecule has 0 spiro atoms. The number of hydrogen-bond donors (Lipinski definition) is 1. The lowest BCUT2D eigenvalue weighted by molar-refractivity contribution is 0.312. The fourth-order valence-electron chi connectivity index (χ4n) is 3.40. The minimum Gasteiger partial charge on any atom is -0.313 e. The molecule has 2 rings (SSSR count). The van der Waals surface area contributed by atoms with E-state index >= 15 is 0 Å². The Morgan fingerprint density at radius 3 is 2.29 bits per heavy atom. The molecule has 1 saturated carbocycles. The maximum absolute atomic E-state index is 13.9. The normalized spacial score (nSPS) is 18.4. The lowest BCUT2D eigenvalue weighted by Crippen LogP contribution is -2.39. The Balaban J connectivity index is 2.11. The van der Waals surface area contributed by atoms with Crippen LogP contribution in [0, 0.1) is 17.6 Å². The first kappa shape index (κ1) is 16.4. The molecule has 0 aromatic heterocycles. The first-order valence-corrected chi connectivity index (χ1v) is 8.38. The third kappa shape index (κ3) is 4.77. The van der Waals surface area contributed by atoms with E-state index in [-0.39, 0.29) is 11.6 Å². The predicted molar refractivity (Wildman–Crippen MR) is 83.3 cm³/mol. The molecule has 1 fully saturated rings. The van der Waals surface area contributed by atoms with Crippen LogP contribution in [0.2, 0.25) is 0 Å². The van der Waals surface area contributed by atoms with E-state index in [0.29, 0.717) is 12.3 Å². The highest BCUT2D eigenvalue weighted by atomic mass is 19.1. The Hall–Kier alpha value is -0.960. The largest absolute Gasteiger partial charge is 0.313 e. The Labute approximate surface area is 127 Å². The summed E-state index contributed by atoms with van der Waals surface area (Å²) in [7, 11) is 0. The standard InChI is InChI=1S/C18H27F2N/c1-2-12-21-18(14-8-5-3-4-6-9-14)13-15-16(19)10-7-11-17(15)20/h7,10-11,14,18,21H,2-6,8-9,12-13H2,1H3. The molecule has 1 aromatic rings. The third-order valence-electron chi connectivity index (χ3n) is 4.61. The van der Waals surface area contributed by atoms with Gasteiger partial charge in [-0.3, -0.25) is 0 Å². The highest BCUT2D eigenvalue weighted by molar-refractivity contribution is 5.21. The number of benzene rings is 1. The van der Waals surface area contributed by atoms with E-state index in [4.69, 9.17) is 0 Å².